The molecule has 2 aliphatic rings. The lowest BCUT2D eigenvalue weighted by Gasteiger charge is -2.36. The Bertz CT molecular complexity index is 1000. The summed E-state index contributed by atoms with van der Waals surface area (Å²) in [6.07, 6.45) is 3.87. The van der Waals surface area contributed by atoms with Crippen LogP contribution in [-0.2, 0) is 4.74 Å². The van der Waals surface area contributed by atoms with E-state index < -0.39 is 0 Å². The predicted octanol–water partition coefficient (Wildman–Crippen LogP) is 2.23. The number of benzene rings is 1. The van der Waals surface area contributed by atoms with E-state index in [2.05, 4.69) is 41.0 Å². The van der Waals surface area contributed by atoms with Gasteiger partial charge in [0, 0.05) is 38.4 Å². The van der Waals surface area contributed by atoms with Crippen molar-refractivity contribution in [3.05, 3.63) is 42.2 Å². The summed E-state index contributed by atoms with van der Waals surface area (Å²) in [6, 6.07) is 8.53. The number of hydrogen-bond donors (Lipinski definition) is 0. The van der Waals surface area contributed by atoms with Gasteiger partial charge in [0.15, 0.2) is 5.65 Å². The van der Waals surface area contributed by atoms with Crippen molar-refractivity contribution in [2.75, 3.05) is 51.4 Å². The van der Waals surface area contributed by atoms with Gasteiger partial charge in [-0.15, -0.1) is 0 Å². The molecule has 0 radical (unpaired) electrons. The molecule has 5 rings (SSSR count). The Hall–Kier alpha value is -2.64. The number of rotatable bonds is 0. The summed E-state index contributed by atoms with van der Waals surface area (Å²) in [5, 5.41) is 4.50. The molecule has 146 valence electrons. The quantitative estimate of drug-likeness (QED) is 0.597. The molecular formula is C21H25N5O2. The molecule has 0 unspecified atom stereocenters. The molecule has 1 atom stereocenters. The van der Waals surface area contributed by atoms with Crippen molar-refractivity contribution in [3.8, 4) is 16.9 Å². The lowest BCUT2D eigenvalue weighted by molar-refractivity contribution is -0.0219. The molecule has 0 aliphatic carbocycles. The average molecular weight is 379 g/mol. The third-order valence-electron chi connectivity index (χ3n) is 5.76. The third-order valence-corrected chi connectivity index (χ3v) is 5.76. The zero-order chi connectivity index (χ0) is 19.1. The van der Waals surface area contributed by atoms with E-state index in [0.717, 1.165) is 54.6 Å². The number of hydrogen-bond acceptors (Lipinski definition) is 6. The second-order valence-electron chi connectivity index (χ2n) is 7.59. The molecule has 7 nitrogen and oxygen atoms in total. The van der Waals surface area contributed by atoms with E-state index in [4.69, 9.17) is 14.5 Å². The van der Waals surface area contributed by atoms with Crippen molar-refractivity contribution < 1.29 is 9.47 Å². The number of aryl methyl sites for hydroxylation is 1. The van der Waals surface area contributed by atoms with E-state index in [9.17, 15) is 0 Å². The first-order valence-corrected chi connectivity index (χ1v) is 9.80. The molecule has 0 spiro atoms. The smallest absolute Gasteiger partial charge is 0.165 e. The first-order chi connectivity index (χ1) is 13.7. The number of aromatic nitrogens is 3. The molecule has 0 saturated carbocycles. The van der Waals surface area contributed by atoms with Crippen LogP contribution in [0.3, 0.4) is 0 Å². The minimum Gasteiger partial charge on any atom is -0.492 e. The van der Waals surface area contributed by atoms with Gasteiger partial charge in [-0.1, -0.05) is 6.07 Å². The average Bonchev–Trinajstić information content (AvgIpc) is 3.14. The van der Waals surface area contributed by atoms with Gasteiger partial charge in [0.05, 0.1) is 25.5 Å². The van der Waals surface area contributed by atoms with Gasteiger partial charge < -0.3 is 14.4 Å². The Morgan fingerprint density at radius 2 is 2.00 bits per heavy atom. The molecule has 28 heavy (non-hydrogen) atoms. The number of likely N-dealkylation sites (N-methyl/N-ethyl adjacent to an activating group) is 1. The van der Waals surface area contributed by atoms with Crippen molar-refractivity contribution >= 4 is 11.5 Å². The summed E-state index contributed by atoms with van der Waals surface area (Å²) in [4.78, 5) is 9.59. The minimum absolute atomic E-state index is 0.261. The maximum atomic E-state index is 6.19. The van der Waals surface area contributed by atoms with E-state index in [1.54, 1.807) is 0 Å². The van der Waals surface area contributed by atoms with Gasteiger partial charge in [0.2, 0.25) is 0 Å². The van der Waals surface area contributed by atoms with Crippen LogP contribution in [0.2, 0.25) is 0 Å². The van der Waals surface area contributed by atoms with Crippen LogP contribution in [0.4, 0.5) is 5.82 Å². The molecule has 4 bridgehead atoms. The molecule has 1 aromatic carbocycles. The molecule has 3 aromatic rings. The number of ether oxygens (including phenoxy) is 2. The van der Waals surface area contributed by atoms with Crippen molar-refractivity contribution in [2.24, 2.45) is 0 Å². The highest BCUT2D eigenvalue weighted by Gasteiger charge is 2.24. The van der Waals surface area contributed by atoms with Crippen LogP contribution in [0.15, 0.2) is 36.7 Å². The summed E-state index contributed by atoms with van der Waals surface area (Å²) in [5.41, 5.74) is 4.18. The maximum Gasteiger partial charge on any atom is 0.165 e. The van der Waals surface area contributed by atoms with E-state index in [-0.39, 0.29) is 6.04 Å². The van der Waals surface area contributed by atoms with Crippen LogP contribution >= 0.6 is 0 Å². The number of fused-ring (bicyclic) bond motifs is 5. The van der Waals surface area contributed by atoms with Gasteiger partial charge in [-0.2, -0.15) is 5.10 Å². The van der Waals surface area contributed by atoms with Gasteiger partial charge in [0.25, 0.3) is 0 Å². The number of morpholine rings is 1. The van der Waals surface area contributed by atoms with Crippen LogP contribution < -0.4 is 9.64 Å². The zero-order valence-corrected chi connectivity index (χ0v) is 16.3. The zero-order valence-electron chi connectivity index (χ0n) is 16.3. The Morgan fingerprint density at radius 1 is 1.07 bits per heavy atom. The second-order valence-corrected chi connectivity index (χ2v) is 7.59. The molecule has 0 N–H and O–H groups in total. The Balaban J connectivity index is 1.62. The second kappa shape index (κ2) is 7.07. The summed E-state index contributed by atoms with van der Waals surface area (Å²) in [7, 11) is 2.10. The predicted molar refractivity (Wildman–Crippen MR) is 108 cm³/mol. The Morgan fingerprint density at radius 3 is 2.93 bits per heavy atom. The molecule has 0 amide bonds. The fourth-order valence-corrected chi connectivity index (χ4v) is 3.97. The first kappa shape index (κ1) is 17.5. The number of nitrogens with zero attached hydrogens (tertiary/aromatic N) is 5. The van der Waals surface area contributed by atoms with Gasteiger partial charge in [-0.25, -0.2) is 9.50 Å². The first-order valence-electron chi connectivity index (χ1n) is 9.80. The van der Waals surface area contributed by atoms with Gasteiger partial charge in [0.1, 0.15) is 18.2 Å². The van der Waals surface area contributed by atoms with Crippen LogP contribution in [0.5, 0.6) is 5.75 Å². The molecule has 1 fully saturated rings. The van der Waals surface area contributed by atoms with E-state index >= 15 is 0 Å². The summed E-state index contributed by atoms with van der Waals surface area (Å²) < 4.78 is 13.7. The molecule has 2 aromatic heterocycles. The highest BCUT2D eigenvalue weighted by molar-refractivity contribution is 5.80. The molecule has 7 heteroatoms. The SMILES string of the molecule is Cc1ccc2cc1-c1cnn3ccc(nc13)N(C)CCN1CCOC[C@H]1CO2. The van der Waals surface area contributed by atoms with Crippen LogP contribution in [0, 0.1) is 6.92 Å². The largest absolute Gasteiger partial charge is 0.492 e. The van der Waals surface area contributed by atoms with Crippen LogP contribution in [0.25, 0.3) is 16.8 Å². The van der Waals surface area contributed by atoms with Gasteiger partial charge in [-0.3, -0.25) is 4.90 Å². The fraction of sp³-hybridized carbons (Fsp3) is 0.429. The van der Waals surface area contributed by atoms with Crippen molar-refractivity contribution in [2.45, 2.75) is 13.0 Å². The highest BCUT2D eigenvalue weighted by atomic mass is 16.5. The third kappa shape index (κ3) is 3.10. The summed E-state index contributed by atoms with van der Waals surface area (Å²) in [5.74, 6) is 1.83. The molecule has 4 heterocycles. The van der Waals surface area contributed by atoms with Gasteiger partial charge in [-0.05, 0) is 36.2 Å². The van der Waals surface area contributed by atoms with E-state index in [1.807, 2.05) is 29.0 Å². The normalized spacial score (nSPS) is 20.6. The Labute approximate surface area is 164 Å². The minimum atomic E-state index is 0.261. The monoisotopic (exact) mass is 379 g/mol. The van der Waals surface area contributed by atoms with Crippen LogP contribution in [0.1, 0.15) is 5.56 Å². The van der Waals surface area contributed by atoms with Crippen LogP contribution in [-0.4, -0.2) is 72.0 Å². The lowest BCUT2D eigenvalue weighted by atomic mass is 10.0. The summed E-state index contributed by atoms with van der Waals surface area (Å²) >= 11 is 0. The topological polar surface area (TPSA) is 55.1 Å². The number of anilines is 1. The van der Waals surface area contributed by atoms with Crippen molar-refractivity contribution in [1.82, 2.24) is 19.5 Å². The standard InChI is InChI=1S/C21H25N5O2/c1-15-3-4-17-11-18(15)19-12-22-26-6-5-20(23-21(19)26)24(2)7-8-25-9-10-27-13-16(25)14-28-17/h3-6,11-12,16H,7-10,13-14H2,1-2H3/t16-/m0/s1. The van der Waals surface area contributed by atoms with E-state index in [0.29, 0.717) is 13.2 Å². The molecular weight excluding hydrogens is 354 g/mol. The molecule has 2 aliphatic heterocycles. The summed E-state index contributed by atoms with van der Waals surface area (Å²) in [6.45, 7) is 7.00. The van der Waals surface area contributed by atoms with Crippen molar-refractivity contribution in [3.63, 3.8) is 0 Å². The highest BCUT2D eigenvalue weighted by Crippen LogP contribution is 2.31. The van der Waals surface area contributed by atoms with Crippen molar-refractivity contribution in [1.29, 1.82) is 0 Å². The fourth-order valence-electron chi connectivity index (χ4n) is 3.97. The maximum absolute atomic E-state index is 6.19. The van der Waals surface area contributed by atoms with E-state index in [1.165, 1.54) is 5.56 Å². The lowest BCUT2D eigenvalue weighted by Crippen LogP contribution is -2.50. The Kier molecular flexibility index (Phi) is 4.41. The van der Waals surface area contributed by atoms with Gasteiger partial charge >= 0.3 is 0 Å². The molecule has 1 saturated heterocycles.